The summed E-state index contributed by atoms with van der Waals surface area (Å²) < 4.78 is 0. The normalized spacial score (nSPS) is 9.60. The minimum Gasteiger partial charge on any atom is -0.371 e. The molecule has 0 atom stereocenters. The maximum absolute atomic E-state index is 3.76. The van der Waals surface area contributed by atoms with Crippen molar-refractivity contribution in [3.63, 3.8) is 0 Å². The molecule has 1 nitrogen and oxygen atoms in total. The van der Waals surface area contributed by atoms with Crippen LogP contribution >= 0.6 is 0 Å². The van der Waals surface area contributed by atoms with Gasteiger partial charge in [-0.2, -0.15) is 0 Å². The van der Waals surface area contributed by atoms with E-state index in [-0.39, 0.29) is 0 Å². The van der Waals surface area contributed by atoms with Gasteiger partial charge in [0.25, 0.3) is 0 Å². The first-order valence-corrected chi connectivity index (χ1v) is 5.40. The van der Waals surface area contributed by atoms with Crippen molar-refractivity contribution in [1.82, 2.24) is 0 Å². The maximum atomic E-state index is 3.76. The summed E-state index contributed by atoms with van der Waals surface area (Å²) in [6.45, 7) is 9.58. The van der Waals surface area contributed by atoms with Gasteiger partial charge in [0, 0.05) is 18.8 Å². The lowest BCUT2D eigenvalue weighted by molar-refractivity contribution is 0.790. The Morgan fingerprint density at radius 1 is 0.933 bits per heavy atom. The predicted molar refractivity (Wildman–Crippen MR) is 68.3 cm³/mol. The molecule has 1 aromatic carbocycles. The molecule has 0 aliphatic heterocycles. The van der Waals surface area contributed by atoms with Crippen molar-refractivity contribution in [3.8, 4) is 0 Å². The van der Waals surface area contributed by atoms with Gasteiger partial charge in [-0.1, -0.05) is 30.4 Å². The van der Waals surface area contributed by atoms with Crippen molar-refractivity contribution in [1.29, 1.82) is 0 Å². The second-order valence-electron chi connectivity index (χ2n) is 3.48. The lowest BCUT2D eigenvalue weighted by Crippen LogP contribution is -2.24. The van der Waals surface area contributed by atoms with Crippen LogP contribution in [0, 0.1) is 0 Å². The number of nitrogens with zero attached hydrogens (tertiary/aromatic N) is 1. The zero-order valence-corrected chi connectivity index (χ0v) is 9.23. The Morgan fingerprint density at radius 3 is 1.93 bits per heavy atom. The van der Waals surface area contributed by atoms with Crippen molar-refractivity contribution in [2.24, 2.45) is 0 Å². The van der Waals surface area contributed by atoms with E-state index in [1.54, 1.807) is 0 Å². The van der Waals surface area contributed by atoms with Gasteiger partial charge in [-0.05, 0) is 25.0 Å². The summed E-state index contributed by atoms with van der Waals surface area (Å²) in [7, 11) is 0. The van der Waals surface area contributed by atoms with E-state index >= 15 is 0 Å². The molecule has 15 heavy (non-hydrogen) atoms. The van der Waals surface area contributed by atoms with Crippen molar-refractivity contribution in [3.05, 3.63) is 55.6 Å². The van der Waals surface area contributed by atoms with Gasteiger partial charge in [-0.3, -0.25) is 0 Å². The Bertz CT molecular complexity index is 277. The van der Waals surface area contributed by atoms with Gasteiger partial charge in [0.2, 0.25) is 0 Å². The third-order valence-electron chi connectivity index (χ3n) is 2.33. The van der Waals surface area contributed by atoms with Crippen molar-refractivity contribution >= 4 is 5.69 Å². The van der Waals surface area contributed by atoms with Gasteiger partial charge < -0.3 is 4.90 Å². The number of hydrogen-bond acceptors (Lipinski definition) is 1. The monoisotopic (exact) mass is 201 g/mol. The molecule has 0 fully saturated rings. The summed E-state index contributed by atoms with van der Waals surface area (Å²) >= 11 is 0. The third-order valence-corrected chi connectivity index (χ3v) is 2.33. The zero-order chi connectivity index (χ0) is 10.9. The molecule has 0 aliphatic rings. The second kappa shape index (κ2) is 6.88. The number of para-hydroxylation sites is 1. The van der Waals surface area contributed by atoms with Gasteiger partial charge in [-0.25, -0.2) is 0 Å². The van der Waals surface area contributed by atoms with Crippen LogP contribution in [0.15, 0.2) is 55.6 Å². The van der Waals surface area contributed by atoms with E-state index in [4.69, 9.17) is 0 Å². The fourth-order valence-electron chi connectivity index (χ4n) is 1.50. The van der Waals surface area contributed by atoms with E-state index in [0.717, 1.165) is 25.9 Å². The summed E-state index contributed by atoms with van der Waals surface area (Å²) in [4.78, 5) is 2.36. The summed E-state index contributed by atoms with van der Waals surface area (Å²) in [6.07, 6.45) is 5.96. The predicted octanol–water partition coefficient (Wildman–Crippen LogP) is 3.65. The first kappa shape index (κ1) is 11.6. The Morgan fingerprint density at radius 2 is 1.47 bits per heavy atom. The third kappa shape index (κ3) is 4.03. The molecule has 1 aromatic rings. The lowest BCUT2D eigenvalue weighted by Gasteiger charge is -2.23. The molecule has 0 amide bonds. The molecule has 0 N–H and O–H groups in total. The molecule has 0 heterocycles. The van der Waals surface area contributed by atoms with E-state index in [0.29, 0.717) is 0 Å². The summed E-state index contributed by atoms with van der Waals surface area (Å²) in [5, 5.41) is 0. The highest BCUT2D eigenvalue weighted by Gasteiger charge is 2.02. The highest BCUT2D eigenvalue weighted by atomic mass is 15.1. The average Bonchev–Trinajstić information content (AvgIpc) is 2.30. The van der Waals surface area contributed by atoms with Crippen LogP contribution < -0.4 is 4.90 Å². The van der Waals surface area contributed by atoms with Crippen LogP contribution in [0.5, 0.6) is 0 Å². The van der Waals surface area contributed by atoms with Crippen molar-refractivity contribution in [2.75, 3.05) is 18.0 Å². The summed E-state index contributed by atoms with van der Waals surface area (Å²) in [6, 6.07) is 10.5. The molecule has 80 valence electrons. The molecule has 0 aromatic heterocycles. The van der Waals surface area contributed by atoms with Gasteiger partial charge in [-0.15, -0.1) is 13.2 Å². The average molecular weight is 201 g/mol. The largest absolute Gasteiger partial charge is 0.371 e. The number of rotatable bonds is 7. The van der Waals surface area contributed by atoms with Crippen molar-refractivity contribution < 1.29 is 0 Å². The minimum atomic E-state index is 1.02. The molecule has 0 unspecified atom stereocenters. The van der Waals surface area contributed by atoms with Crippen LogP contribution in [0.3, 0.4) is 0 Å². The van der Waals surface area contributed by atoms with E-state index in [1.165, 1.54) is 5.69 Å². The van der Waals surface area contributed by atoms with Crippen LogP contribution in [0.4, 0.5) is 5.69 Å². The first-order chi connectivity index (χ1) is 7.38. The minimum absolute atomic E-state index is 1.02. The maximum Gasteiger partial charge on any atom is 0.0366 e. The number of hydrogen-bond donors (Lipinski definition) is 0. The van der Waals surface area contributed by atoms with Gasteiger partial charge >= 0.3 is 0 Å². The van der Waals surface area contributed by atoms with Crippen molar-refractivity contribution in [2.45, 2.75) is 12.8 Å². The van der Waals surface area contributed by atoms with E-state index in [9.17, 15) is 0 Å². The smallest absolute Gasteiger partial charge is 0.0366 e. The van der Waals surface area contributed by atoms with Gasteiger partial charge in [0.05, 0.1) is 0 Å². The van der Waals surface area contributed by atoms with Crippen LogP contribution in [0.1, 0.15) is 12.8 Å². The highest BCUT2D eigenvalue weighted by molar-refractivity contribution is 5.45. The number of anilines is 1. The Balaban J connectivity index is 2.62. The second-order valence-corrected chi connectivity index (χ2v) is 3.48. The molecular formula is C14H19N. The van der Waals surface area contributed by atoms with Gasteiger partial charge in [0.15, 0.2) is 0 Å². The number of benzene rings is 1. The molecule has 0 bridgehead atoms. The van der Waals surface area contributed by atoms with E-state index in [1.807, 2.05) is 18.2 Å². The Labute approximate surface area is 92.7 Å². The van der Waals surface area contributed by atoms with Crippen LogP contribution in [-0.2, 0) is 0 Å². The van der Waals surface area contributed by atoms with E-state index < -0.39 is 0 Å². The highest BCUT2D eigenvalue weighted by Crippen LogP contribution is 2.14. The SMILES string of the molecule is C=CCCN(CCC=C)c1ccccc1. The summed E-state index contributed by atoms with van der Waals surface area (Å²) in [5.74, 6) is 0. The first-order valence-electron chi connectivity index (χ1n) is 5.40. The lowest BCUT2D eigenvalue weighted by atomic mass is 10.2. The van der Waals surface area contributed by atoms with Crippen LogP contribution in [0.2, 0.25) is 0 Å². The Kier molecular flexibility index (Phi) is 5.31. The van der Waals surface area contributed by atoms with E-state index in [2.05, 4.69) is 42.3 Å². The molecule has 1 heteroatoms. The standard InChI is InChI=1S/C14H19N/c1-3-5-12-15(13-6-4-2)14-10-8-7-9-11-14/h3-4,7-11H,1-2,5-6,12-13H2. The fourth-order valence-corrected chi connectivity index (χ4v) is 1.50. The molecule has 0 saturated heterocycles. The van der Waals surface area contributed by atoms with Gasteiger partial charge in [0.1, 0.15) is 0 Å². The Hall–Kier alpha value is -1.50. The molecule has 0 spiro atoms. The quantitative estimate of drug-likeness (QED) is 0.609. The molecular weight excluding hydrogens is 182 g/mol. The molecule has 1 rings (SSSR count). The topological polar surface area (TPSA) is 3.24 Å². The molecule has 0 aliphatic carbocycles. The zero-order valence-electron chi connectivity index (χ0n) is 9.23. The molecule has 0 radical (unpaired) electrons. The summed E-state index contributed by atoms with van der Waals surface area (Å²) in [5.41, 5.74) is 1.28. The molecule has 0 saturated carbocycles. The van der Waals surface area contributed by atoms with Crippen LogP contribution in [0.25, 0.3) is 0 Å². The van der Waals surface area contributed by atoms with Crippen LogP contribution in [-0.4, -0.2) is 13.1 Å². The fraction of sp³-hybridized carbons (Fsp3) is 0.286.